The number of hydrogen-bond acceptors (Lipinski definition) is 3. The van der Waals surface area contributed by atoms with Gasteiger partial charge in [0.15, 0.2) is 0 Å². The maximum absolute atomic E-state index is 12.8. The molecule has 1 rings (SSSR count). The molecular weight excluding hydrogens is 257 g/mol. The summed E-state index contributed by atoms with van der Waals surface area (Å²) in [6.07, 6.45) is -4.48. The monoisotopic (exact) mass is 276 g/mol. The van der Waals surface area contributed by atoms with Crippen LogP contribution in [0.25, 0.3) is 0 Å². The molecule has 0 bridgehead atoms. The molecule has 0 aliphatic heterocycles. The number of benzene rings is 1. The summed E-state index contributed by atoms with van der Waals surface area (Å²) in [7, 11) is 0. The van der Waals surface area contributed by atoms with Gasteiger partial charge in [-0.3, -0.25) is 0 Å². The Morgan fingerprint density at radius 2 is 1.84 bits per heavy atom. The molecule has 0 amide bonds. The minimum atomic E-state index is -4.48. The number of halogens is 3. The van der Waals surface area contributed by atoms with Gasteiger partial charge in [-0.1, -0.05) is 0 Å². The van der Waals surface area contributed by atoms with Crippen molar-refractivity contribution in [3.63, 3.8) is 0 Å². The molecule has 0 radical (unpaired) electrons. The molecule has 3 nitrogen and oxygen atoms in total. The number of alkyl halides is 3. The van der Waals surface area contributed by atoms with E-state index in [-0.39, 0.29) is 12.2 Å². The SMILES string of the molecule is CCN(CC(C)(C)O)c1ccc(N)c(C(F)(F)F)c1. The summed E-state index contributed by atoms with van der Waals surface area (Å²) in [6, 6.07) is 3.79. The molecule has 0 aliphatic rings. The molecule has 1 aromatic carbocycles. The molecule has 1 aromatic rings. The van der Waals surface area contributed by atoms with E-state index in [2.05, 4.69) is 0 Å². The lowest BCUT2D eigenvalue weighted by Crippen LogP contribution is -2.38. The molecule has 0 unspecified atom stereocenters. The van der Waals surface area contributed by atoms with Crippen LogP contribution in [0.5, 0.6) is 0 Å². The highest BCUT2D eigenvalue weighted by Crippen LogP contribution is 2.36. The fourth-order valence-corrected chi connectivity index (χ4v) is 1.84. The van der Waals surface area contributed by atoms with E-state index in [9.17, 15) is 18.3 Å². The molecule has 6 heteroatoms. The quantitative estimate of drug-likeness (QED) is 0.831. The Balaban J connectivity index is 3.13. The van der Waals surface area contributed by atoms with Gasteiger partial charge in [-0.2, -0.15) is 13.2 Å². The van der Waals surface area contributed by atoms with E-state index in [1.807, 2.05) is 6.92 Å². The molecular formula is C13H19F3N2O. The van der Waals surface area contributed by atoms with Crippen molar-refractivity contribution in [2.24, 2.45) is 0 Å². The minimum Gasteiger partial charge on any atom is -0.398 e. The Bertz CT molecular complexity index is 438. The van der Waals surface area contributed by atoms with Crippen LogP contribution in [0.1, 0.15) is 26.3 Å². The number of aliphatic hydroxyl groups is 1. The normalized spacial score (nSPS) is 12.6. The van der Waals surface area contributed by atoms with E-state index in [0.29, 0.717) is 12.2 Å². The smallest absolute Gasteiger partial charge is 0.398 e. The second-order valence-corrected chi connectivity index (χ2v) is 5.10. The molecule has 3 N–H and O–H groups in total. The number of nitrogens with two attached hydrogens (primary N) is 1. The summed E-state index contributed by atoms with van der Waals surface area (Å²) in [5.74, 6) is 0. The van der Waals surface area contributed by atoms with Crippen LogP contribution in [0.2, 0.25) is 0 Å². The van der Waals surface area contributed by atoms with E-state index in [0.717, 1.165) is 6.07 Å². The van der Waals surface area contributed by atoms with Gasteiger partial charge in [-0.25, -0.2) is 0 Å². The maximum atomic E-state index is 12.8. The van der Waals surface area contributed by atoms with Gasteiger partial charge in [0.1, 0.15) is 0 Å². The molecule has 0 heterocycles. The van der Waals surface area contributed by atoms with Gasteiger partial charge in [0, 0.05) is 24.5 Å². The van der Waals surface area contributed by atoms with Crippen molar-refractivity contribution in [3.8, 4) is 0 Å². The average molecular weight is 276 g/mol. The van der Waals surface area contributed by atoms with Gasteiger partial charge in [-0.15, -0.1) is 0 Å². The summed E-state index contributed by atoms with van der Waals surface area (Å²) in [6.45, 7) is 5.76. The maximum Gasteiger partial charge on any atom is 0.418 e. The van der Waals surface area contributed by atoms with Crippen LogP contribution in [0.4, 0.5) is 24.5 Å². The van der Waals surface area contributed by atoms with Gasteiger partial charge >= 0.3 is 6.18 Å². The van der Waals surface area contributed by atoms with Crippen LogP contribution < -0.4 is 10.6 Å². The topological polar surface area (TPSA) is 49.5 Å². The summed E-state index contributed by atoms with van der Waals surface area (Å²) >= 11 is 0. The third-order valence-corrected chi connectivity index (χ3v) is 2.67. The van der Waals surface area contributed by atoms with Crippen molar-refractivity contribution < 1.29 is 18.3 Å². The Morgan fingerprint density at radius 3 is 2.26 bits per heavy atom. The second kappa shape index (κ2) is 5.28. The highest BCUT2D eigenvalue weighted by Gasteiger charge is 2.33. The van der Waals surface area contributed by atoms with Gasteiger partial charge in [0.2, 0.25) is 0 Å². The summed E-state index contributed by atoms with van der Waals surface area (Å²) in [4.78, 5) is 1.68. The molecule has 0 aromatic heterocycles. The van der Waals surface area contributed by atoms with Crippen molar-refractivity contribution in [1.29, 1.82) is 0 Å². The predicted octanol–water partition coefficient (Wildman–Crippen LogP) is 2.88. The Hall–Kier alpha value is -1.43. The van der Waals surface area contributed by atoms with Crippen LogP contribution in [0.15, 0.2) is 18.2 Å². The fraction of sp³-hybridized carbons (Fsp3) is 0.538. The first-order valence-corrected chi connectivity index (χ1v) is 5.98. The molecule has 0 saturated carbocycles. The fourth-order valence-electron chi connectivity index (χ4n) is 1.84. The summed E-state index contributed by atoms with van der Waals surface area (Å²) < 4.78 is 38.4. The molecule has 0 aliphatic carbocycles. The van der Waals surface area contributed by atoms with Crippen molar-refractivity contribution in [3.05, 3.63) is 23.8 Å². The van der Waals surface area contributed by atoms with E-state index < -0.39 is 17.3 Å². The van der Waals surface area contributed by atoms with Crippen LogP contribution >= 0.6 is 0 Å². The number of hydrogen-bond donors (Lipinski definition) is 2. The lowest BCUT2D eigenvalue weighted by atomic mass is 10.1. The molecule has 0 spiro atoms. The highest BCUT2D eigenvalue weighted by molar-refractivity contribution is 5.59. The Kier molecular flexibility index (Phi) is 4.35. The second-order valence-electron chi connectivity index (χ2n) is 5.10. The molecule has 0 atom stereocenters. The first kappa shape index (κ1) is 15.6. The van der Waals surface area contributed by atoms with Gasteiger partial charge in [-0.05, 0) is 39.0 Å². The van der Waals surface area contributed by atoms with E-state index >= 15 is 0 Å². The van der Waals surface area contributed by atoms with Crippen LogP contribution in [-0.2, 0) is 6.18 Å². The number of likely N-dealkylation sites (N-methyl/N-ethyl adjacent to an activating group) is 1. The number of anilines is 2. The van der Waals surface area contributed by atoms with E-state index in [1.165, 1.54) is 12.1 Å². The minimum absolute atomic E-state index is 0.241. The zero-order valence-electron chi connectivity index (χ0n) is 11.3. The number of nitrogens with zero attached hydrogens (tertiary/aromatic N) is 1. The first-order valence-electron chi connectivity index (χ1n) is 5.98. The predicted molar refractivity (Wildman–Crippen MR) is 70.0 cm³/mol. The van der Waals surface area contributed by atoms with Crippen molar-refractivity contribution in [1.82, 2.24) is 0 Å². The molecule has 108 valence electrons. The van der Waals surface area contributed by atoms with E-state index in [1.54, 1.807) is 18.7 Å². The van der Waals surface area contributed by atoms with Crippen molar-refractivity contribution >= 4 is 11.4 Å². The largest absolute Gasteiger partial charge is 0.418 e. The molecule has 19 heavy (non-hydrogen) atoms. The standard InChI is InChI=1S/C13H19F3N2O/c1-4-18(8-12(2,3)19)9-5-6-11(17)10(7-9)13(14,15)16/h5-7,19H,4,8,17H2,1-3H3. The lowest BCUT2D eigenvalue weighted by Gasteiger charge is -2.30. The van der Waals surface area contributed by atoms with Crippen molar-refractivity contribution in [2.45, 2.75) is 32.5 Å². The zero-order chi connectivity index (χ0) is 14.8. The molecule has 0 saturated heterocycles. The Labute approximate surface area is 110 Å². The van der Waals surface area contributed by atoms with Crippen LogP contribution in [0, 0.1) is 0 Å². The number of nitrogen functional groups attached to an aromatic ring is 1. The molecule has 0 fully saturated rings. The average Bonchev–Trinajstić information content (AvgIpc) is 2.24. The summed E-state index contributed by atoms with van der Waals surface area (Å²) in [5, 5.41) is 9.78. The van der Waals surface area contributed by atoms with Crippen molar-refractivity contribution in [2.75, 3.05) is 23.7 Å². The van der Waals surface area contributed by atoms with Gasteiger partial charge < -0.3 is 15.7 Å². The third kappa shape index (κ3) is 4.31. The van der Waals surface area contributed by atoms with Crippen LogP contribution in [0.3, 0.4) is 0 Å². The highest BCUT2D eigenvalue weighted by atomic mass is 19.4. The lowest BCUT2D eigenvalue weighted by molar-refractivity contribution is -0.136. The zero-order valence-corrected chi connectivity index (χ0v) is 11.3. The first-order chi connectivity index (χ1) is 8.54. The van der Waals surface area contributed by atoms with Gasteiger partial charge in [0.05, 0.1) is 11.2 Å². The number of rotatable bonds is 4. The van der Waals surface area contributed by atoms with Gasteiger partial charge in [0.25, 0.3) is 0 Å². The summed E-state index contributed by atoms with van der Waals surface area (Å²) in [5.41, 5.74) is 3.62. The Morgan fingerprint density at radius 1 is 1.26 bits per heavy atom. The third-order valence-electron chi connectivity index (χ3n) is 2.67. The van der Waals surface area contributed by atoms with Crippen LogP contribution in [-0.4, -0.2) is 23.8 Å². The van der Waals surface area contributed by atoms with E-state index in [4.69, 9.17) is 5.73 Å².